The molecule has 0 amide bonds. The van der Waals surface area contributed by atoms with Crippen LogP contribution in [0.15, 0.2) is 53.6 Å². The van der Waals surface area contributed by atoms with Crippen molar-refractivity contribution in [2.45, 2.75) is 39.5 Å². The largest absolute Gasteiger partial charge is 0.459 e. The summed E-state index contributed by atoms with van der Waals surface area (Å²) in [5, 5.41) is 0.603. The second kappa shape index (κ2) is 8.13. The van der Waals surface area contributed by atoms with E-state index in [1.165, 1.54) is 0 Å². The Morgan fingerprint density at radius 2 is 1.79 bits per heavy atom. The fraction of sp³-hybridized carbons (Fsp3) is 0.286. The molecule has 0 spiro atoms. The maximum absolute atomic E-state index is 12.7. The van der Waals surface area contributed by atoms with Gasteiger partial charge < -0.3 is 9.14 Å². The number of benzene rings is 1. The van der Waals surface area contributed by atoms with Crippen LogP contribution < -0.4 is 5.69 Å². The number of halogens is 1. The predicted molar refractivity (Wildman–Crippen MR) is 111 cm³/mol. The van der Waals surface area contributed by atoms with Crippen LogP contribution in [0.3, 0.4) is 0 Å². The number of aromatic nitrogens is 4. The van der Waals surface area contributed by atoms with Gasteiger partial charge >= 0.3 is 11.7 Å². The molecule has 7 nitrogen and oxygen atoms in total. The van der Waals surface area contributed by atoms with E-state index in [0.717, 1.165) is 23.1 Å². The Morgan fingerprint density at radius 3 is 2.52 bits per heavy atom. The van der Waals surface area contributed by atoms with Gasteiger partial charge in [0.05, 0.1) is 28.2 Å². The molecule has 0 N–H and O–H groups in total. The summed E-state index contributed by atoms with van der Waals surface area (Å²) in [6.45, 7) is 3.03. The lowest BCUT2D eigenvalue weighted by molar-refractivity contribution is -0.145. The molecule has 0 aliphatic carbocycles. The first kappa shape index (κ1) is 19.3. The molecule has 3 heterocycles. The smallest absolute Gasteiger partial charge is 0.329 e. The van der Waals surface area contributed by atoms with Crippen molar-refractivity contribution in [2.24, 2.45) is 0 Å². The molecule has 150 valence electrons. The summed E-state index contributed by atoms with van der Waals surface area (Å²) in [5.41, 5.74) is 2.98. The number of hydrogen-bond acceptors (Lipinski definition) is 4. The minimum Gasteiger partial charge on any atom is -0.459 e. The number of nitrogens with zero attached hydrogens (tertiary/aromatic N) is 4. The normalized spacial score (nSPS) is 11.4. The van der Waals surface area contributed by atoms with Crippen molar-refractivity contribution in [3.05, 3.63) is 70.0 Å². The first-order valence-electron chi connectivity index (χ1n) is 9.53. The molecule has 29 heavy (non-hydrogen) atoms. The number of rotatable bonds is 7. The van der Waals surface area contributed by atoms with E-state index >= 15 is 0 Å². The van der Waals surface area contributed by atoms with Crippen molar-refractivity contribution in [1.29, 1.82) is 0 Å². The molecule has 0 fully saturated rings. The van der Waals surface area contributed by atoms with Crippen molar-refractivity contribution in [3.63, 3.8) is 0 Å². The molecule has 4 aromatic rings. The zero-order valence-electron chi connectivity index (χ0n) is 16.0. The average molecular weight is 413 g/mol. The number of ether oxygens (including phenoxy) is 1. The maximum Gasteiger partial charge on any atom is 0.329 e. The van der Waals surface area contributed by atoms with Crippen LogP contribution in [0, 0.1) is 0 Å². The van der Waals surface area contributed by atoms with Gasteiger partial charge in [-0.3, -0.25) is 13.9 Å². The average Bonchev–Trinajstić information content (AvgIpc) is 3.24. The monoisotopic (exact) mass is 412 g/mol. The Morgan fingerprint density at radius 1 is 1.07 bits per heavy atom. The molecule has 1 aromatic carbocycles. The summed E-state index contributed by atoms with van der Waals surface area (Å²) in [4.78, 5) is 29.4. The van der Waals surface area contributed by atoms with Crippen molar-refractivity contribution < 1.29 is 9.53 Å². The van der Waals surface area contributed by atoms with E-state index in [1.54, 1.807) is 38.1 Å². The number of imidazole rings is 2. The SMILES string of the molecule is CCCn1c(=O)n(CCC(=O)OCc2cn3cc(Cl)ccc3n2)c2ccccc21. The first-order chi connectivity index (χ1) is 14.1. The highest BCUT2D eigenvalue weighted by atomic mass is 35.5. The Balaban J connectivity index is 1.43. The second-order valence-electron chi connectivity index (χ2n) is 6.83. The molecular weight excluding hydrogens is 392 g/mol. The summed E-state index contributed by atoms with van der Waals surface area (Å²) >= 11 is 5.97. The van der Waals surface area contributed by atoms with Gasteiger partial charge in [0, 0.05) is 25.5 Å². The third-order valence-electron chi connectivity index (χ3n) is 4.76. The summed E-state index contributed by atoms with van der Waals surface area (Å²) in [6, 6.07) is 11.2. The van der Waals surface area contributed by atoms with Gasteiger partial charge in [0.25, 0.3) is 0 Å². The molecule has 0 bridgehead atoms. The fourth-order valence-electron chi connectivity index (χ4n) is 3.44. The fourth-order valence-corrected chi connectivity index (χ4v) is 3.61. The molecule has 0 radical (unpaired) electrons. The molecule has 0 saturated heterocycles. The lowest BCUT2D eigenvalue weighted by atomic mass is 10.3. The molecule has 3 aromatic heterocycles. The van der Waals surface area contributed by atoms with E-state index in [9.17, 15) is 9.59 Å². The Hall–Kier alpha value is -3.06. The van der Waals surface area contributed by atoms with Gasteiger partial charge in [0.1, 0.15) is 12.3 Å². The van der Waals surface area contributed by atoms with Crippen LogP contribution >= 0.6 is 11.6 Å². The molecule has 0 aliphatic rings. The third-order valence-corrected chi connectivity index (χ3v) is 4.98. The number of esters is 1. The molecular formula is C21H21ClN4O3. The van der Waals surface area contributed by atoms with Crippen LogP contribution in [0.2, 0.25) is 5.02 Å². The molecule has 4 rings (SSSR count). The van der Waals surface area contributed by atoms with Crippen LogP contribution in [-0.4, -0.2) is 24.5 Å². The zero-order valence-corrected chi connectivity index (χ0v) is 16.8. The van der Waals surface area contributed by atoms with E-state index in [2.05, 4.69) is 4.98 Å². The number of para-hydroxylation sites is 2. The number of hydrogen-bond donors (Lipinski definition) is 0. The summed E-state index contributed by atoms with van der Waals surface area (Å²) in [6.07, 6.45) is 4.49. The Bertz CT molecular complexity index is 1240. The van der Waals surface area contributed by atoms with Gasteiger partial charge in [-0.2, -0.15) is 0 Å². The van der Waals surface area contributed by atoms with Gasteiger partial charge in [-0.25, -0.2) is 9.78 Å². The van der Waals surface area contributed by atoms with Gasteiger partial charge in [0.15, 0.2) is 0 Å². The van der Waals surface area contributed by atoms with Gasteiger partial charge in [-0.1, -0.05) is 30.7 Å². The summed E-state index contributed by atoms with van der Waals surface area (Å²) < 4.78 is 10.5. The minimum absolute atomic E-state index is 0.0740. The third kappa shape index (κ3) is 3.91. The zero-order chi connectivity index (χ0) is 20.4. The van der Waals surface area contributed by atoms with E-state index in [1.807, 2.05) is 31.2 Å². The Labute approximate surface area is 172 Å². The van der Waals surface area contributed by atoms with Crippen LogP contribution in [0.1, 0.15) is 25.5 Å². The quantitative estimate of drug-likeness (QED) is 0.434. The molecule has 0 saturated carbocycles. The van der Waals surface area contributed by atoms with Crippen LogP contribution in [-0.2, 0) is 29.2 Å². The number of fused-ring (bicyclic) bond motifs is 2. The van der Waals surface area contributed by atoms with E-state index in [0.29, 0.717) is 17.3 Å². The van der Waals surface area contributed by atoms with Gasteiger partial charge in [-0.15, -0.1) is 0 Å². The number of carbonyl (C=O) groups is 1. The summed E-state index contributed by atoms with van der Waals surface area (Å²) in [5.74, 6) is -0.376. The molecule has 0 unspecified atom stereocenters. The van der Waals surface area contributed by atoms with Crippen molar-refractivity contribution >= 4 is 34.3 Å². The summed E-state index contributed by atoms with van der Waals surface area (Å²) in [7, 11) is 0. The molecule has 0 aliphatic heterocycles. The number of aryl methyl sites for hydroxylation is 2. The number of pyridine rings is 1. The highest BCUT2D eigenvalue weighted by molar-refractivity contribution is 6.30. The first-order valence-corrected chi connectivity index (χ1v) is 9.91. The van der Waals surface area contributed by atoms with Gasteiger partial charge in [0.2, 0.25) is 0 Å². The van der Waals surface area contributed by atoms with E-state index in [4.69, 9.17) is 16.3 Å². The van der Waals surface area contributed by atoms with Crippen LogP contribution in [0.25, 0.3) is 16.7 Å². The van der Waals surface area contributed by atoms with E-state index in [-0.39, 0.29) is 31.2 Å². The van der Waals surface area contributed by atoms with Crippen molar-refractivity contribution in [1.82, 2.24) is 18.5 Å². The lowest BCUT2D eigenvalue weighted by Gasteiger charge is -2.04. The lowest BCUT2D eigenvalue weighted by Crippen LogP contribution is -2.25. The van der Waals surface area contributed by atoms with Crippen LogP contribution in [0.5, 0.6) is 0 Å². The van der Waals surface area contributed by atoms with Crippen molar-refractivity contribution in [2.75, 3.05) is 0 Å². The van der Waals surface area contributed by atoms with Crippen molar-refractivity contribution in [3.8, 4) is 0 Å². The van der Waals surface area contributed by atoms with Crippen LogP contribution in [0.4, 0.5) is 0 Å². The Kier molecular flexibility index (Phi) is 5.40. The number of carbonyl (C=O) groups excluding carboxylic acids is 1. The highest BCUT2D eigenvalue weighted by Crippen LogP contribution is 2.15. The maximum atomic E-state index is 12.7. The predicted octanol–water partition coefficient (Wildman–Crippen LogP) is 3.65. The van der Waals surface area contributed by atoms with Gasteiger partial charge in [-0.05, 0) is 30.7 Å². The standard InChI is InChI=1S/C21H21ClN4O3/c1-2-10-25-17-5-3-4-6-18(17)26(21(25)28)11-9-20(27)29-14-16-13-24-12-15(22)7-8-19(24)23-16/h3-8,12-13H,2,9-11,14H2,1H3. The van der Waals surface area contributed by atoms with E-state index < -0.39 is 0 Å². The second-order valence-corrected chi connectivity index (χ2v) is 7.27. The molecule has 0 atom stereocenters. The highest BCUT2D eigenvalue weighted by Gasteiger charge is 2.14. The minimum atomic E-state index is -0.376. The topological polar surface area (TPSA) is 70.5 Å². The molecule has 8 heteroatoms.